The molecule has 2 aromatic rings. The number of pyridine rings is 1. The molecule has 0 spiro atoms. The fraction of sp³-hybridized carbons (Fsp3) is 0.0769. The molecule has 0 aliphatic carbocycles. The molecule has 0 saturated heterocycles. The Morgan fingerprint density at radius 1 is 1.26 bits per heavy atom. The third-order valence-electron chi connectivity index (χ3n) is 2.46. The number of hydrogen-bond donors (Lipinski definition) is 2. The molecule has 98 valence electrons. The van der Waals surface area contributed by atoms with Crippen LogP contribution in [0.25, 0.3) is 0 Å². The van der Waals surface area contributed by atoms with Crippen molar-refractivity contribution in [3.05, 3.63) is 57.2 Å². The van der Waals surface area contributed by atoms with E-state index in [9.17, 15) is 4.79 Å². The van der Waals surface area contributed by atoms with Gasteiger partial charge in [0, 0.05) is 11.0 Å². The first kappa shape index (κ1) is 13.8. The number of rotatable bonds is 4. The Kier molecular flexibility index (Phi) is 4.39. The second-order valence-corrected chi connectivity index (χ2v) is 5.12. The first-order valence-electron chi connectivity index (χ1n) is 5.44. The van der Waals surface area contributed by atoms with Gasteiger partial charge in [0.15, 0.2) is 0 Å². The largest absolute Gasteiger partial charge is 0.478 e. The molecule has 6 heteroatoms. The summed E-state index contributed by atoms with van der Waals surface area (Å²) in [5.74, 6) is -0.773. The van der Waals surface area contributed by atoms with Crippen molar-refractivity contribution in [2.24, 2.45) is 0 Å². The van der Waals surface area contributed by atoms with E-state index in [-0.39, 0.29) is 16.5 Å². The average Bonchev–Trinajstić information content (AvgIpc) is 2.38. The first-order valence-corrected chi connectivity index (χ1v) is 6.61. The van der Waals surface area contributed by atoms with E-state index in [1.54, 1.807) is 0 Å². The van der Waals surface area contributed by atoms with Gasteiger partial charge in [0.25, 0.3) is 0 Å². The third kappa shape index (κ3) is 3.68. The topological polar surface area (TPSA) is 62.2 Å². The predicted octanol–water partition coefficient (Wildman–Crippen LogP) is 3.81. The van der Waals surface area contributed by atoms with Crippen LogP contribution in [0.2, 0.25) is 5.15 Å². The zero-order valence-electron chi connectivity index (χ0n) is 9.73. The maximum atomic E-state index is 11.1. The SMILES string of the molecule is O=C(O)c1ccc(Cl)nc1NCc1ccc(Br)cc1. The highest BCUT2D eigenvalue weighted by Gasteiger charge is 2.11. The molecule has 0 unspecified atom stereocenters. The second kappa shape index (κ2) is 6.04. The number of nitrogens with one attached hydrogen (secondary N) is 1. The molecule has 4 nitrogen and oxygen atoms in total. The van der Waals surface area contributed by atoms with E-state index in [2.05, 4.69) is 26.2 Å². The maximum absolute atomic E-state index is 11.1. The van der Waals surface area contributed by atoms with Crippen molar-refractivity contribution in [2.45, 2.75) is 6.54 Å². The van der Waals surface area contributed by atoms with E-state index in [1.807, 2.05) is 24.3 Å². The quantitative estimate of drug-likeness (QED) is 0.830. The van der Waals surface area contributed by atoms with E-state index < -0.39 is 5.97 Å². The molecule has 0 aliphatic heterocycles. The van der Waals surface area contributed by atoms with Gasteiger partial charge in [-0.05, 0) is 29.8 Å². The Hall–Kier alpha value is -1.59. The summed E-state index contributed by atoms with van der Waals surface area (Å²) in [5, 5.41) is 12.3. The summed E-state index contributed by atoms with van der Waals surface area (Å²) < 4.78 is 0.989. The summed E-state index contributed by atoms with van der Waals surface area (Å²) in [5.41, 5.74) is 1.11. The summed E-state index contributed by atoms with van der Waals surface area (Å²) >= 11 is 9.13. The Labute approximate surface area is 123 Å². The van der Waals surface area contributed by atoms with Gasteiger partial charge >= 0.3 is 5.97 Å². The Morgan fingerprint density at radius 3 is 2.58 bits per heavy atom. The van der Waals surface area contributed by atoms with Crippen molar-refractivity contribution in [2.75, 3.05) is 5.32 Å². The lowest BCUT2D eigenvalue weighted by molar-refractivity contribution is 0.0697. The van der Waals surface area contributed by atoms with Crippen molar-refractivity contribution >= 4 is 39.3 Å². The number of aromatic nitrogens is 1. The number of aromatic carboxylic acids is 1. The van der Waals surface area contributed by atoms with Crippen LogP contribution < -0.4 is 5.32 Å². The highest BCUT2D eigenvalue weighted by Crippen LogP contribution is 2.18. The molecule has 19 heavy (non-hydrogen) atoms. The molecule has 0 saturated carbocycles. The highest BCUT2D eigenvalue weighted by molar-refractivity contribution is 9.10. The zero-order chi connectivity index (χ0) is 13.8. The van der Waals surface area contributed by atoms with E-state index in [1.165, 1.54) is 12.1 Å². The summed E-state index contributed by atoms with van der Waals surface area (Å²) in [6.45, 7) is 0.473. The van der Waals surface area contributed by atoms with Gasteiger partial charge in [0.05, 0.1) is 0 Å². The molecule has 1 aromatic heterocycles. The molecule has 2 N–H and O–H groups in total. The highest BCUT2D eigenvalue weighted by atomic mass is 79.9. The Balaban J connectivity index is 2.16. The van der Waals surface area contributed by atoms with Crippen LogP contribution in [0.4, 0.5) is 5.82 Å². The van der Waals surface area contributed by atoms with Crippen molar-refractivity contribution in [3.63, 3.8) is 0 Å². The van der Waals surface area contributed by atoms with Gasteiger partial charge in [-0.3, -0.25) is 0 Å². The lowest BCUT2D eigenvalue weighted by atomic mass is 10.2. The molecule has 1 aromatic carbocycles. The van der Waals surface area contributed by atoms with Gasteiger partial charge in [-0.25, -0.2) is 9.78 Å². The second-order valence-electron chi connectivity index (χ2n) is 3.82. The fourth-order valence-electron chi connectivity index (χ4n) is 1.53. The van der Waals surface area contributed by atoms with Gasteiger partial charge in [-0.15, -0.1) is 0 Å². The maximum Gasteiger partial charge on any atom is 0.339 e. The fourth-order valence-corrected chi connectivity index (χ4v) is 1.94. The number of benzene rings is 1. The van der Waals surface area contributed by atoms with Crippen LogP contribution in [0, 0.1) is 0 Å². The Morgan fingerprint density at radius 2 is 1.95 bits per heavy atom. The summed E-state index contributed by atoms with van der Waals surface area (Å²) in [4.78, 5) is 15.1. The van der Waals surface area contributed by atoms with E-state index in [0.717, 1.165) is 10.0 Å². The van der Waals surface area contributed by atoms with Crippen molar-refractivity contribution in [1.82, 2.24) is 4.98 Å². The normalized spacial score (nSPS) is 10.2. The number of halogens is 2. The number of anilines is 1. The van der Waals surface area contributed by atoms with Crippen LogP contribution in [0.3, 0.4) is 0 Å². The zero-order valence-corrected chi connectivity index (χ0v) is 12.1. The van der Waals surface area contributed by atoms with Gasteiger partial charge < -0.3 is 10.4 Å². The van der Waals surface area contributed by atoms with Crippen molar-refractivity contribution < 1.29 is 9.90 Å². The van der Waals surface area contributed by atoms with Gasteiger partial charge in [-0.1, -0.05) is 39.7 Å². The van der Waals surface area contributed by atoms with Gasteiger partial charge in [0.2, 0.25) is 0 Å². The van der Waals surface area contributed by atoms with E-state index in [4.69, 9.17) is 16.7 Å². The minimum atomic E-state index is -1.04. The molecule has 0 aliphatic rings. The number of carbonyl (C=O) groups is 1. The molecule has 0 atom stereocenters. The first-order chi connectivity index (χ1) is 9.06. The van der Waals surface area contributed by atoms with Crippen LogP contribution in [0.1, 0.15) is 15.9 Å². The molecule has 0 fully saturated rings. The minimum absolute atomic E-state index is 0.0986. The predicted molar refractivity (Wildman–Crippen MR) is 77.7 cm³/mol. The summed E-state index contributed by atoms with van der Waals surface area (Å²) in [7, 11) is 0. The van der Waals surface area contributed by atoms with Crippen LogP contribution in [-0.4, -0.2) is 16.1 Å². The monoisotopic (exact) mass is 340 g/mol. The molecule has 2 rings (SSSR count). The molecular weight excluding hydrogens is 332 g/mol. The van der Waals surface area contributed by atoms with Crippen LogP contribution in [0.15, 0.2) is 40.9 Å². The number of carboxylic acids is 1. The number of carboxylic acid groups (broad SMARTS) is 1. The van der Waals surface area contributed by atoms with E-state index >= 15 is 0 Å². The van der Waals surface area contributed by atoms with Crippen LogP contribution >= 0.6 is 27.5 Å². The lowest BCUT2D eigenvalue weighted by Gasteiger charge is -2.09. The minimum Gasteiger partial charge on any atom is -0.478 e. The van der Waals surface area contributed by atoms with Gasteiger partial charge in [-0.2, -0.15) is 0 Å². The standard InChI is InChI=1S/C13H10BrClN2O2/c14-9-3-1-8(2-4-9)7-16-12-10(13(18)19)5-6-11(15)17-12/h1-6H,7H2,(H,16,17)(H,18,19). The molecule has 0 amide bonds. The van der Waals surface area contributed by atoms with Crippen molar-refractivity contribution in [3.8, 4) is 0 Å². The molecule has 0 radical (unpaired) electrons. The van der Waals surface area contributed by atoms with Gasteiger partial charge in [0.1, 0.15) is 16.5 Å². The number of nitrogens with zero attached hydrogens (tertiary/aromatic N) is 1. The molecule has 1 heterocycles. The smallest absolute Gasteiger partial charge is 0.339 e. The average molecular weight is 342 g/mol. The summed E-state index contributed by atoms with van der Waals surface area (Å²) in [6, 6.07) is 10.6. The third-order valence-corrected chi connectivity index (χ3v) is 3.20. The Bertz CT molecular complexity index is 602. The van der Waals surface area contributed by atoms with Crippen molar-refractivity contribution in [1.29, 1.82) is 0 Å². The lowest BCUT2D eigenvalue weighted by Crippen LogP contribution is -2.08. The molecule has 0 bridgehead atoms. The number of hydrogen-bond acceptors (Lipinski definition) is 3. The van der Waals surface area contributed by atoms with Crippen LogP contribution in [-0.2, 0) is 6.54 Å². The van der Waals surface area contributed by atoms with Crippen LogP contribution in [0.5, 0.6) is 0 Å². The summed E-state index contributed by atoms with van der Waals surface area (Å²) in [6.07, 6.45) is 0. The van der Waals surface area contributed by atoms with E-state index in [0.29, 0.717) is 6.54 Å². The molecular formula is C13H10BrClN2O2.